The molecule has 0 aromatic heterocycles. The van der Waals surface area contributed by atoms with Crippen molar-refractivity contribution in [1.29, 1.82) is 0 Å². The molecule has 10 nitrogen and oxygen atoms in total. The van der Waals surface area contributed by atoms with Crippen molar-refractivity contribution in [1.82, 2.24) is 20.4 Å². The van der Waals surface area contributed by atoms with E-state index in [1.165, 1.54) is 24.3 Å². The summed E-state index contributed by atoms with van der Waals surface area (Å²) in [5, 5.41) is 2.66. The van der Waals surface area contributed by atoms with Crippen molar-refractivity contribution in [2.24, 2.45) is 0 Å². The van der Waals surface area contributed by atoms with E-state index in [2.05, 4.69) is 20.9 Å². The van der Waals surface area contributed by atoms with Gasteiger partial charge in [0.25, 0.3) is 11.8 Å². The number of anilines is 1. The lowest BCUT2D eigenvalue weighted by Gasteiger charge is -2.22. The Hall–Kier alpha value is -3.44. The van der Waals surface area contributed by atoms with Gasteiger partial charge in [0.2, 0.25) is 10.0 Å². The Morgan fingerprint density at radius 3 is 2.33 bits per heavy atom. The number of nitrogens with zero attached hydrogens (tertiary/aromatic N) is 1. The zero-order chi connectivity index (χ0) is 23.8. The highest BCUT2D eigenvalue weighted by Gasteiger charge is 2.49. The minimum absolute atomic E-state index is 0.00505. The number of hydrogen-bond donors (Lipinski definition) is 4. The number of carbonyl (C=O) groups excluding carboxylic acids is 3. The van der Waals surface area contributed by atoms with Gasteiger partial charge < -0.3 is 5.32 Å². The highest BCUT2D eigenvalue weighted by Crippen LogP contribution is 2.29. The van der Waals surface area contributed by atoms with Crippen LogP contribution >= 0.6 is 0 Å². The standard InChI is InChI=1S/C22H25N5O5S/c1-14-3-5-15(6-4-14)22(2)20(29)27(21(30)23-22)13-19(28)25-24-16-9-11-18(12-10-16)33(31,32)26-17-7-8-17/h3-6,9-12,17,24,26H,7-8,13H2,1-2H3,(H,23,30)(H,25,28). The average molecular weight is 472 g/mol. The maximum atomic E-state index is 12.9. The summed E-state index contributed by atoms with van der Waals surface area (Å²) in [6.07, 6.45) is 1.68. The fourth-order valence-corrected chi connectivity index (χ4v) is 4.76. The molecule has 0 spiro atoms. The summed E-state index contributed by atoms with van der Waals surface area (Å²) in [7, 11) is -3.56. The quantitative estimate of drug-likeness (QED) is 0.339. The number of imide groups is 1. The van der Waals surface area contributed by atoms with Gasteiger partial charge in [-0.15, -0.1) is 0 Å². The summed E-state index contributed by atoms with van der Waals surface area (Å²) in [5.41, 5.74) is 5.90. The molecule has 174 valence electrons. The van der Waals surface area contributed by atoms with E-state index in [4.69, 9.17) is 0 Å². The van der Waals surface area contributed by atoms with Crippen LogP contribution in [0.15, 0.2) is 53.4 Å². The van der Waals surface area contributed by atoms with Gasteiger partial charge in [-0.25, -0.2) is 17.9 Å². The number of amides is 4. The largest absolute Gasteiger partial charge is 0.325 e. The van der Waals surface area contributed by atoms with Crippen molar-refractivity contribution in [3.63, 3.8) is 0 Å². The fourth-order valence-electron chi connectivity index (χ4n) is 3.45. The first-order chi connectivity index (χ1) is 15.6. The van der Waals surface area contributed by atoms with Gasteiger partial charge >= 0.3 is 6.03 Å². The van der Waals surface area contributed by atoms with Gasteiger partial charge in [0.05, 0.1) is 10.6 Å². The first kappa shape index (κ1) is 22.7. The van der Waals surface area contributed by atoms with Gasteiger partial charge in [0.1, 0.15) is 12.1 Å². The molecule has 1 aliphatic carbocycles. The lowest BCUT2D eigenvalue weighted by Crippen LogP contribution is -2.44. The van der Waals surface area contributed by atoms with Gasteiger partial charge in [0.15, 0.2) is 0 Å². The Balaban J connectivity index is 1.34. The highest BCUT2D eigenvalue weighted by molar-refractivity contribution is 7.89. The molecule has 4 rings (SSSR count). The van der Waals surface area contributed by atoms with E-state index >= 15 is 0 Å². The van der Waals surface area contributed by atoms with Crippen LogP contribution in [0.2, 0.25) is 0 Å². The number of nitrogens with one attached hydrogen (secondary N) is 4. The van der Waals surface area contributed by atoms with Crippen LogP contribution in [0.4, 0.5) is 10.5 Å². The van der Waals surface area contributed by atoms with Crippen LogP contribution in [0, 0.1) is 6.92 Å². The van der Waals surface area contributed by atoms with Crippen molar-refractivity contribution in [2.45, 2.75) is 43.2 Å². The second-order valence-electron chi connectivity index (χ2n) is 8.41. The summed E-state index contributed by atoms with van der Waals surface area (Å²) in [6, 6.07) is 12.4. The van der Waals surface area contributed by atoms with Gasteiger partial charge in [0, 0.05) is 6.04 Å². The number of aryl methyl sites for hydroxylation is 1. The molecule has 2 aliphatic rings. The smallest absolute Gasteiger partial charge is 0.319 e. The SMILES string of the molecule is Cc1ccc(C2(C)NC(=O)N(CC(=O)NNc3ccc(S(=O)(=O)NC4CC4)cc3)C2=O)cc1. The van der Waals surface area contributed by atoms with Gasteiger partial charge in [-0.3, -0.25) is 25.3 Å². The molecular weight excluding hydrogens is 446 g/mol. The molecule has 4 N–H and O–H groups in total. The van der Waals surface area contributed by atoms with E-state index in [9.17, 15) is 22.8 Å². The molecule has 2 aromatic carbocycles. The number of rotatable bonds is 8. The number of urea groups is 1. The minimum atomic E-state index is -3.56. The first-order valence-electron chi connectivity index (χ1n) is 10.5. The summed E-state index contributed by atoms with van der Waals surface area (Å²) >= 11 is 0. The van der Waals surface area contributed by atoms with E-state index in [0.717, 1.165) is 23.3 Å². The third-order valence-corrected chi connectivity index (χ3v) is 7.15. The Kier molecular flexibility index (Phi) is 5.85. The van der Waals surface area contributed by atoms with E-state index in [1.807, 2.05) is 19.1 Å². The minimum Gasteiger partial charge on any atom is -0.319 e. The molecule has 1 saturated carbocycles. The van der Waals surface area contributed by atoms with Gasteiger partial charge in [-0.05, 0) is 56.5 Å². The molecule has 4 amide bonds. The van der Waals surface area contributed by atoms with Crippen LogP contribution in [-0.4, -0.2) is 43.7 Å². The molecule has 0 radical (unpaired) electrons. The van der Waals surface area contributed by atoms with Crippen molar-refractivity contribution in [3.8, 4) is 0 Å². The predicted octanol–water partition coefficient (Wildman–Crippen LogP) is 1.35. The maximum Gasteiger partial charge on any atom is 0.325 e. The van der Waals surface area contributed by atoms with Crippen molar-refractivity contribution >= 4 is 33.6 Å². The molecule has 2 aromatic rings. The summed E-state index contributed by atoms with van der Waals surface area (Å²) in [6.45, 7) is 3.04. The van der Waals surface area contributed by atoms with Crippen LogP contribution in [0.5, 0.6) is 0 Å². The fraction of sp³-hybridized carbons (Fsp3) is 0.318. The summed E-state index contributed by atoms with van der Waals surface area (Å²) < 4.78 is 27.0. The molecule has 0 bridgehead atoms. The van der Waals surface area contributed by atoms with Crippen LogP contribution in [-0.2, 0) is 25.2 Å². The van der Waals surface area contributed by atoms with Crippen LogP contribution in [0.3, 0.4) is 0 Å². The molecule has 1 atom stereocenters. The second-order valence-corrected chi connectivity index (χ2v) is 10.1. The molecule has 1 aliphatic heterocycles. The Bertz CT molecular complexity index is 1190. The van der Waals surface area contributed by atoms with Gasteiger partial charge in [-0.2, -0.15) is 0 Å². The summed E-state index contributed by atoms with van der Waals surface area (Å²) in [5.74, 6) is -1.14. The van der Waals surface area contributed by atoms with Crippen molar-refractivity contribution in [2.75, 3.05) is 12.0 Å². The van der Waals surface area contributed by atoms with Crippen LogP contribution < -0.4 is 20.9 Å². The Morgan fingerprint density at radius 2 is 1.73 bits per heavy atom. The average Bonchev–Trinajstić information content (AvgIpc) is 3.55. The van der Waals surface area contributed by atoms with Crippen LogP contribution in [0.1, 0.15) is 30.9 Å². The molecule has 33 heavy (non-hydrogen) atoms. The lowest BCUT2D eigenvalue weighted by molar-refractivity contribution is -0.134. The Morgan fingerprint density at radius 1 is 1.09 bits per heavy atom. The van der Waals surface area contributed by atoms with Crippen molar-refractivity contribution < 1.29 is 22.8 Å². The van der Waals surface area contributed by atoms with Gasteiger partial charge in [-0.1, -0.05) is 29.8 Å². The van der Waals surface area contributed by atoms with E-state index in [1.54, 1.807) is 19.1 Å². The highest BCUT2D eigenvalue weighted by atomic mass is 32.2. The molecule has 1 heterocycles. The number of benzene rings is 2. The second kappa shape index (κ2) is 8.49. The van der Waals surface area contributed by atoms with E-state index < -0.39 is 40.0 Å². The van der Waals surface area contributed by atoms with E-state index in [0.29, 0.717) is 11.3 Å². The third kappa shape index (κ3) is 4.83. The number of carbonyl (C=O) groups is 3. The predicted molar refractivity (Wildman–Crippen MR) is 120 cm³/mol. The molecular formula is C22H25N5O5S. The zero-order valence-electron chi connectivity index (χ0n) is 18.2. The molecule has 2 fully saturated rings. The van der Waals surface area contributed by atoms with Crippen LogP contribution in [0.25, 0.3) is 0 Å². The third-order valence-electron chi connectivity index (χ3n) is 5.62. The lowest BCUT2D eigenvalue weighted by atomic mass is 9.91. The molecule has 1 saturated heterocycles. The number of hydrazine groups is 1. The molecule has 1 unspecified atom stereocenters. The first-order valence-corrected chi connectivity index (χ1v) is 12.0. The van der Waals surface area contributed by atoms with E-state index in [-0.39, 0.29) is 10.9 Å². The topological polar surface area (TPSA) is 137 Å². The Labute approximate surface area is 191 Å². The normalized spacial score (nSPS) is 20.5. The summed E-state index contributed by atoms with van der Waals surface area (Å²) in [4.78, 5) is 38.7. The van der Waals surface area contributed by atoms with Crippen molar-refractivity contribution in [3.05, 3.63) is 59.7 Å². The molecule has 11 heteroatoms. The zero-order valence-corrected chi connectivity index (χ0v) is 19.0. The number of hydrogen-bond acceptors (Lipinski definition) is 6. The number of sulfonamides is 1. The maximum absolute atomic E-state index is 12.9. The monoisotopic (exact) mass is 471 g/mol.